The summed E-state index contributed by atoms with van der Waals surface area (Å²) in [7, 11) is 0. The molecule has 5 nitrogen and oxygen atoms in total. The highest BCUT2D eigenvalue weighted by Gasteiger charge is 2.23. The molecular weight excluding hydrogens is 289 g/mol. The van der Waals surface area contributed by atoms with E-state index in [0.717, 1.165) is 6.07 Å². The van der Waals surface area contributed by atoms with Crippen LogP contribution in [-0.4, -0.2) is 28.8 Å². The van der Waals surface area contributed by atoms with Crippen LogP contribution in [0.15, 0.2) is 24.3 Å². The van der Waals surface area contributed by atoms with E-state index in [1.165, 1.54) is 18.2 Å². The van der Waals surface area contributed by atoms with Crippen LogP contribution in [0.5, 0.6) is 0 Å². The SMILES string of the molecule is CCCC(NC(=O)CC(C)C(=O)c1cccc(F)c1)C(=O)O. The number of carbonyl (C=O) groups is 3. The zero-order chi connectivity index (χ0) is 16.7. The minimum Gasteiger partial charge on any atom is -0.480 e. The number of carboxylic acids is 1. The second-order valence-electron chi connectivity index (χ2n) is 5.23. The number of carbonyl (C=O) groups excluding carboxylic acids is 2. The second-order valence-corrected chi connectivity index (χ2v) is 5.23. The van der Waals surface area contributed by atoms with Crippen molar-refractivity contribution in [2.45, 2.75) is 39.2 Å². The third-order valence-corrected chi connectivity index (χ3v) is 3.26. The van der Waals surface area contributed by atoms with Crippen molar-refractivity contribution in [1.82, 2.24) is 5.32 Å². The van der Waals surface area contributed by atoms with Crippen LogP contribution in [0.25, 0.3) is 0 Å². The first-order chi connectivity index (χ1) is 10.3. The Morgan fingerprint density at radius 1 is 1.32 bits per heavy atom. The number of hydrogen-bond donors (Lipinski definition) is 2. The number of rotatable bonds is 8. The molecule has 2 atom stereocenters. The quantitative estimate of drug-likeness (QED) is 0.722. The number of halogens is 1. The fraction of sp³-hybridized carbons (Fsp3) is 0.438. The number of ketones is 1. The summed E-state index contributed by atoms with van der Waals surface area (Å²) < 4.78 is 13.1. The molecule has 0 saturated carbocycles. The predicted molar refractivity (Wildman–Crippen MR) is 79.0 cm³/mol. The smallest absolute Gasteiger partial charge is 0.326 e. The van der Waals surface area contributed by atoms with Gasteiger partial charge >= 0.3 is 5.97 Å². The molecule has 1 aromatic rings. The molecule has 22 heavy (non-hydrogen) atoms. The van der Waals surface area contributed by atoms with Crippen LogP contribution in [-0.2, 0) is 9.59 Å². The molecule has 6 heteroatoms. The molecule has 0 aliphatic rings. The van der Waals surface area contributed by atoms with Gasteiger partial charge in [0, 0.05) is 17.9 Å². The van der Waals surface area contributed by atoms with E-state index in [-0.39, 0.29) is 17.8 Å². The van der Waals surface area contributed by atoms with Crippen molar-refractivity contribution in [2.75, 3.05) is 0 Å². The standard InChI is InChI=1S/C16H20FNO4/c1-3-5-13(16(21)22)18-14(19)8-10(2)15(20)11-6-4-7-12(17)9-11/h4,6-7,9-10,13H,3,5,8H2,1-2H3,(H,18,19)(H,21,22). The van der Waals surface area contributed by atoms with Crippen LogP contribution in [0.2, 0.25) is 0 Å². The van der Waals surface area contributed by atoms with E-state index in [1.807, 2.05) is 6.92 Å². The van der Waals surface area contributed by atoms with Crippen LogP contribution in [0.3, 0.4) is 0 Å². The molecule has 2 unspecified atom stereocenters. The fourth-order valence-electron chi connectivity index (χ4n) is 2.10. The van der Waals surface area contributed by atoms with Gasteiger partial charge in [0.05, 0.1) is 0 Å². The van der Waals surface area contributed by atoms with Crippen LogP contribution in [0.4, 0.5) is 4.39 Å². The number of carboxylic acid groups (broad SMARTS) is 1. The molecule has 2 N–H and O–H groups in total. The Labute approximate surface area is 128 Å². The fourth-order valence-corrected chi connectivity index (χ4v) is 2.10. The van der Waals surface area contributed by atoms with Gasteiger partial charge in [0.15, 0.2) is 5.78 Å². The molecule has 0 fully saturated rings. The molecule has 0 spiro atoms. The molecule has 1 amide bonds. The molecule has 0 bridgehead atoms. The molecule has 0 aromatic heterocycles. The van der Waals surface area contributed by atoms with Crippen molar-refractivity contribution in [1.29, 1.82) is 0 Å². The number of amides is 1. The van der Waals surface area contributed by atoms with Gasteiger partial charge in [0.1, 0.15) is 11.9 Å². The monoisotopic (exact) mass is 309 g/mol. The zero-order valence-electron chi connectivity index (χ0n) is 12.6. The van der Waals surface area contributed by atoms with E-state index in [4.69, 9.17) is 5.11 Å². The summed E-state index contributed by atoms with van der Waals surface area (Å²) in [4.78, 5) is 34.9. The lowest BCUT2D eigenvalue weighted by molar-refractivity contribution is -0.142. The van der Waals surface area contributed by atoms with Crippen molar-refractivity contribution >= 4 is 17.7 Å². The molecule has 120 valence electrons. The van der Waals surface area contributed by atoms with Gasteiger partial charge in [-0.3, -0.25) is 9.59 Å². The number of hydrogen-bond acceptors (Lipinski definition) is 3. The second kappa shape index (κ2) is 8.26. The number of aliphatic carboxylic acids is 1. The maximum Gasteiger partial charge on any atom is 0.326 e. The largest absolute Gasteiger partial charge is 0.480 e. The highest BCUT2D eigenvalue weighted by molar-refractivity contribution is 5.99. The lowest BCUT2D eigenvalue weighted by atomic mass is 9.96. The molecule has 1 aromatic carbocycles. The van der Waals surface area contributed by atoms with Gasteiger partial charge < -0.3 is 10.4 Å². The van der Waals surface area contributed by atoms with Crippen molar-refractivity contribution in [2.24, 2.45) is 5.92 Å². The van der Waals surface area contributed by atoms with E-state index in [2.05, 4.69) is 5.32 Å². The van der Waals surface area contributed by atoms with Crippen molar-refractivity contribution < 1.29 is 23.9 Å². The minimum atomic E-state index is -1.10. The van der Waals surface area contributed by atoms with Crippen LogP contribution < -0.4 is 5.32 Å². The van der Waals surface area contributed by atoms with E-state index >= 15 is 0 Å². The summed E-state index contributed by atoms with van der Waals surface area (Å²) in [5, 5.41) is 11.4. The van der Waals surface area contributed by atoms with Crippen LogP contribution in [0.1, 0.15) is 43.5 Å². The van der Waals surface area contributed by atoms with Crippen molar-refractivity contribution in [3.05, 3.63) is 35.6 Å². The highest BCUT2D eigenvalue weighted by atomic mass is 19.1. The van der Waals surface area contributed by atoms with Crippen molar-refractivity contribution in [3.63, 3.8) is 0 Å². The molecule has 0 heterocycles. The third kappa shape index (κ3) is 5.27. The first kappa shape index (κ1) is 17.8. The van der Waals surface area contributed by atoms with Gasteiger partial charge in [-0.1, -0.05) is 32.4 Å². The minimum absolute atomic E-state index is 0.136. The van der Waals surface area contributed by atoms with Gasteiger partial charge in [0.2, 0.25) is 5.91 Å². The van der Waals surface area contributed by atoms with E-state index < -0.39 is 29.7 Å². The molecule has 1 rings (SSSR count). The number of benzene rings is 1. The zero-order valence-corrected chi connectivity index (χ0v) is 12.6. The summed E-state index contributed by atoms with van der Waals surface area (Å²) in [5.74, 6) is -3.12. The van der Waals surface area contributed by atoms with Crippen LogP contribution in [0, 0.1) is 11.7 Å². The van der Waals surface area contributed by atoms with Gasteiger partial charge in [0.25, 0.3) is 0 Å². The summed E-state index contributed by atoms with van der Waals surface area (Å²) in [5.41, 5.74) is 0.198. The lowest BCUT2D eigenvalue weighted by Crippen LogP contribution is -2.41. The first-order valence-electron chi connectivity index (χ1n) is 7.17. The molecular formula is C16H20FNO4. The summed E-state index contributed by atoms with van der Waals surface area (Å²) in [6, 6.07) is 4.31. The normalized spacial score (nSPS) is 13.2. The third-order valence-electron chi connectivity index (χ3n) is 3.26. The molecule has 0 aliphatic heterocycles. The van der Waals surface area contributed by atoms with E-state index in [9.17, 15) is 18.8 Å². The number of nitrogens with one attached hydrogen (secondary N) is 1. The van der Waals surface area contributed by atoms with Crippen LogP contribution >= 0.6 is 0 Å². The molecule has 0 radical (unpaired) electrons. The Kier molecular flexibility index (Phi) is 6.69. The topological polar surface area (TPSA) is 83.5 Å². The van der Waals surface area contributed by atoms with E-state index in [0.29, 0.717) is 12.8 Å². The average molecular weight is 309 g/mol. The van der Waals surface area contributed by atoms with Crippen molar-refractivity contribution in [3.8, 4) is 0 Å². The Bertz CT molecular complexity index is 559. The maximum atomic E-state index is 13.1. The maximum absolute atomic E-state index is 13.1. The predicted octanol–water partition coefficient (Wildman–Crippen LogP) is 2.40. The highest BCUT2D eigenvalue weighted by Crippen LogP contribution is 2.13. The summed E-state index contributed by atoms with van der Waals surface area (Å²) in [6.07, 6.45) is 0.811. The Morgan fingerprint density at radius 3 is 2.55 bits per heavy atom. The molecule has 0 aliphatic carbocycles. The Hall–Kier alpha value is -2.24. The Balaban J connectivity index is 2.63. The van der Waals surface area contributed by atoms with Gasteiger partial charge in [-0.25, -0.2) is 9.18 Å². The first-order valence-corrected chi connectivity index (χ1v) is 7.17. The Morgan fingerprint density at radius 2 is 2.00 bits per heavy atom. The number of Topliss-reactive ketones (excluding diaryl/α,β-unsaturated/α-hetero) is 1. The van der Waals surface area contributed by atoms with Gasteiger partial charge in [-0.05, 0) is 18.6 Å². The van der Waals surface area contributed by atoms with Gasteiger partial charge in [-0.2, -0.15) is 0 Å². The summed E-state index contributed by atoms with van der Waals surface area (Å²) in [6.45, 7) is 3.38. The van der Waals surface area contributed by atoms with Gasteiger partial charge in [-0.15, -0.1) is 0 Å². The average Bonchev–Trinajstić information content (AvgIpc) is 2.45. The summed E-state index contributed by atoms with van der Waals surface area (Å²) >= 11 is 0. The lowest BCUT2D eigenvalue weighted by Gasteiger charge is -2.15. The van der Waals surface area contributed by atoms with E-state index in [1.54, 1.807) is 6.92 Å². The molecule has 0 saturated heterocycles.